The van der Waals surface area contributed by atoms with Crippen molar-refractivity contribution in [1.82, 2.24) is 4.98 Å². The van der Waals surface area contributed by atoms with Crippen molar-refractivity contribution < 1.29 is 9.15 Å². The fraction of sp³-hybridized carbons (Fsp3) is 0.375. The van der Waals surface area contributed by atoms with Crippen LogP contribution in [-0.2, 0) is 0 Å². The smallest absolute Gasteiger partial charge is 0.243 e. The number of hydrogen-bond acceptors (Lipinski definition) is 6. The zero-order chi connectivity index (χ0) is 15.1. The van der Waals surface area contributed by atoms with E-state index in [1.54, 1.807) is 19.2 Å². The van der Waals surface area contributed by atoms with Gasteiger partial charge in [-0.2, -0.15) is 4.98 Å². The van der Waals surface area contributed by atoms with E-state index in [0.717, 1.165) is 18.2 Å². The van der Waals surface area contributed by atoms with Crippen LogP contribution in [0.15, 0.2) is 27.4 Å². The van der Waals surface area contributed by atoms with Gasteiger partial charge in [0.2, 0.25) is 11.1 Å². The molecule has 2 aromatic heterocycles. The third-order valence-corrected chi connectivity index (χ3v) is 5.16. The number of piperidine rings is 1. The Labute approximate surface area is 131 Å². The normalized spacial score (nSPS) is 15.6. The van der Waals surface area contributed by atoms with Gasteiger partial charge in [-0.25, -0.2) is 0 Å². The molecule has 1 aliphatic heterocycles. The topological polar surface area (TPSA) is 55.6 Å². The number of thiazole rings is 1. The highest BCUT2D eigenvalue weighted by molar-refractivity contribution is 7.22. The molecule has 3 heterocycles. The lowest BCUT2D eigenvalue weighted by molar-refractivity contribution is 0.419. The van der Waals surface area contributed by atoms with Crippen LogP contribution in [-0.4, -0.2) is 25.2 Å². The van der Waals surface area contributed by atoms with Gasteiger partial charge in [0.05, 0.1) is 7.11 Å². The van der Waals surface area contributed by atoms with Crippen LogP contribution in [0.25, 0.3) is 21.4 Å². The molecular weight excluding hydrogens is 300 g/mol. The average Bonchev–Trinajstić information content (AvgIpc) is 2.99. The summed E-state index contributed by atoms with van der Waals surface area (Å²) in [5, 5.41) is 1.37. The molecule has 0 radical (unpaired) electrons. The second-order valence-electron chi connectivity index (χ2n) is 5.44. The van der Waals surface area contributed by atoms with Crippen LogP contribution in [0.2, 0.25) is 0 Å². The summed E-state index contributed by atoms with van der Waals surface area (Å²) in [7, 11) is 1.56. The van der Waals surface area contributed by atoms with E-state index in [2.05, 4.69) is 9.88 Å². The molecule has 114 valence electrons. The second kappa shape index (κ2) is 5.28. The number of rotatable bonds is 2. The fourth-order valence-corrected chi connectivity index (χ4v) is 3.93. The van der Waals surface area contributed by atoms with E-state index >= 15 is 0 Å². The molecule has 22 heavy (non-hydrogen) atoms. The van der Waals surface area contributed by atoms with Crippen LogP contribution in [0.4, 0.5) is 5.13 Å². The number of methoxy groups -OCH3 is 1. The molecule has 5 nitrogen and oxygen atoms in total. The predicted molar refractivity (Wildman–Crippen MR) is 88.3 cm³/mol. The number of anilines is 1. The molecule has 0 bridgehead atoms. The molecule has 0 amide bonds. The zero-order valence-electron chi connectivity index (χ0n) is 12.3. The van der Waals surface area contributed by atoms with Gasteiger partial charge in [0.1, 0.15) is 21.4 Å². The van der Waals surface area contributed by atoms with Crippen molar-refractivity contribution in [1.29, 1.82) is 0 Å². The molecule has 0 N–H and O–H groups in total. The fourth-order valence-electron chi connectivity index (χ4n) is 2.94. The lowest BCUT2D eigenvalue weighted by Gasteiger charge is -2.25. The van der Waals surface area contributed by atoms with Crippen molar-refractivity contribution in [2.24, 2.45) is 0 Å². The lowest BCUT2D eigenvalue weighted by Crippen LogP contribution is -2.29. The molecule has 4 rings (SSSR count). The number of aromatic nitrogens is 1. The Morgan fingerprint density at radius 1 is 1.27 bits per heavy atom. The third-order valence-electron chi connectivity index (χ3n) is 4.06. The number of hydrogen-bond donors (Lipinski definition) is 0. The van der Waals surface area contributed by atoms with Crippen molar-refractivity contribution in [3.05, 3.63) is 28.4 Å². The largest absolute Gasteiger partial charge is 0.496 e. The molecule has 0 unspecified atom stereocenters. The van der Waals surface area contributed by atoms with E-state index in [4.69, 9.17) is 9.15 Å². The van der Waals surface area contributed by atoms with Gasteiger partial charge in [-0.15, -0.1) is 0 Å². The van der Waals surface area contributed by atoms with E-state index in [9.17, 15) is 4.79 Å². The molecule has 0 spiro atoms. The highest BCUT2D eigenvalue weighted by Gasteiger charge is 2.20. The Kier molecular flexibility index (Phi) is 3.26. The van der Waals surface area contributed by atoms with E-state index in [0.29, 0.717) is 27.1 Å². The average molecular weight is 316 g/mol. The number of ether oxygens (including phenoxy) is 1. The summed E-state index contributed by atoms with van der Waals surface area (Å²) in [5.41, 5.74) is 0.887. The van der Waals surface area contributed by atoms with Gasteiger partial charge in [0.25, 0.3) is 0 Å². The quantitative estimate of drug-likeness (QED) is 0.725. The van der Waals surface area contributed by atoms with Gasteiger partial charge in [0.15, 0.2) is 5.13 Å². The van der Waals surface area contributed by atoms with Gasteiger partial charge in [0, 0.05) is 13.1 Å². The van der Waals surface area contributed by atoms with Gasteiger partial charge in [-0.05, 0) is 31.4 Å². The monoisotopic (exact) mass is 316 g/mol. The van der Waals surface area contributed by atoms with Crippen LogP contribution in [0, 0.1) is 0 Å². The minimum atomic E-state index is -0.0607. The predicted octanol–water partition coefficient (Wildman–Crippen LogP) is 3.40. The summed E-state index contributed by atoms with van der Waals surface area (Å²) in [6.45, 7) is 1.99. The molecule has 0 saturated carbocycles. The van der Waals surface area contributed by atoms with Crippen molar-refractivity contribution >= 4 is 37.9 Å². The summed E-state index contributed by atoms with van der Waals surface area (Å²) in [6.07, 6.45) is 3.61. The van der Waals surface area contributed by atoms with Crippen LogP contribution in [0.1, 0.15) is 19.3 Å². The van der Waals surface area contributed by atoms with Crippen molar-refractivity contribution in [2.45, 2.75) is 19.3 Å². The second-order valence-corrected chi connectivity index (χ2v) is 6.42. The van der Waals surface area contributed by atoms with Crippen molar-refractivity contribution in [2.75, 3.05) is 25.1 Å². The van der Waals surface area contributed by atoms with Crippen LogP contribution >= 0.6 is 11.3 Å². The Hall–Kier alpha value is -2.08. The molecule has 0 atom stereocenters. The van der Waals surface area contributed by atoms with Crippen LogP contribution in [0.3, 0.4) is 0 Å². The highest BCUT2D eigenvalue weighted by atomic mass is 32.1. The first-order valence-corrected chi connectivity index (χ1v) is 8.25. The summed E-state index contributed by atoms with van der Waals surface area (Å²) in [6, 6.07) is 5.37. The lowest BCUT2D eigenvalue weighted by atomic mass is 10.1. The summed E-state index contributed by atoms with van der Waals surface area (Å²) in [5.74, 6) is 0.543. The number of fused-ring (bicyclic) bond motifs is 2. The van der Waals surface area contributed by atoms with E-state index in [1.807, 2.05) is 6.07 Å². The number of benzene rings is 1. The summed E-state index contributed by atoms with van der Waals surface area (Å²) < 4.78 is 11.7. The summed E-state index contributed by atoms with van der Waals surface area (Å²) in [4.78, 5) is 19.6. The van der Waals surface area contributed by atoms with Gasteiger partial charge < -0.3 is 14.1 Å². The minimum absolute atomic E-state index is 0.0607. The first-order valence-electron chi connectivity index (χ1n) is 7.43. The maximum absolute atomic E-state index is 12.8. The van der Waals surface area contributed by atoms with Crippen molar-refractivity contribution in [3.63, 3.8) is 0 Å². The summed E-state index contributed by atoms with van der Waals surface area (Å²) >= 11 is 1.42. The zero-order valence-corrected chi connectivity index (χ0v) is 13.1. The Balaban J connectivity index is 1.94. The SMILES string of the molecule is COc1cccc2oc3nc(N4CCCCC4)sc3c(=O)c12. The van der Waals surface area contributed by atoms with Gasteiger partial charge in [-0.3, -0.25) is 4.79 Å². The number of nitrogens with zero attached hydrogens (tertiary/aromatic N) is 2. The highest BCUT2D eigenvalue weighted by Crippen LogP contribution is 2.32. The molecule has 3 aromatic rings. The molecule has 1 aliphatic rings. The molecule has 6 heteroatoms. The first kappa shape index (κ1) is 13.6. The molecule has 1 fully saturated rings. The molecule has 1 aromatic carbocycles. The van der Waals surface area contributed by atoms with E-state index in [1.165, 1.54) is 30.6 Å². The van der Waals surface area contributed by atoms with Gasteiger partial charge in [-0.1, -0.05) is 17.4 Å². The molecule has 0 aliphatic carbocycles. The maximum atomic E-state index is 12.8. The molecule has 1 saturated heterocycles. The minimum Gasteiger partial charge on any atom is -0.496 e. The Morgan fingerprint density at radius 3 is 2.86 bits per heavy atom. The van der Waals surface area contributed by atoms with Crippen LogP contribution in [0.5, 0.6) is 5.75 Å². The molecular formula is C16H16N2O3S. The van der Waals surface area contributed by atoms with Crippen molar-refractivity contribution in [3.8, 4) is 5.75 Å². The van der Waals surface area contributed by atoms with Gasteiger partial charge >= 0.3 is 0 Å². The maximum Gasteiger partial charge on any atom is 0.243 e. The Bertz CT molecular complexity index is 893. The van der Waals surface area contributed by atoms with E-state index in [-0.39, 0.29) is 5.43 Å². The Morgan fingerprint density at radius 2 is 2.09 bits per heavy atom. The van der Waals surface area contributed by atoms with E-state index < -0.39 is 0 Å². The van der Waals surface area contributed by atoms with Crippen LogP contribution < -0.4 is 15.1 Å². The third kappa shape index (κ3) is 2.06. The standard InChI is InChI=1S/C16H16N2O3S/c1-20-10-6-5-7-11-12(10)13(19)14-15(21-11)17-16(22-14)18-8-3-2-4-9-18/h5-7H,2-4,8-9H2,1H3. The first-order chi connectivity index (χ1) is 10.8.